The zero-order chi connectivity index (χ0) is 28.0. The Balaban J connectivity index is 1.71. The number of aryl methyl sites for hydroxylation is 4. The summed E-state index contributed by atoms with van der Waals surface area (Å²) in [5.41, 5.74) is 4.21. The van der Waals surface area contributed by atoms with Gasteiger partial charge in [0.25, 0.3) is 5.78 Å². The monoisotopic (exact) mass is 542 g/mol. The first kappa shape index (κ1) is 26.1. The number of pyridine rings is 1. The van der Waals surface area contributed by atoms with Crippen molar-refractivity contribution in [2.75, 3.05) is 11.5 Å². The lowest BCUT2D eigenvalue weighted by atomic mass is 9.96. The second-order valence-electron chi connectivity index (χ2n) is 9.31. The summed E-state index contributed by atoms with van der Waals surface area (Å²) in [6, 6.07) is 10.1. The maximum Gasteiger partial charge on any atom is 0.350 e. The van der Waals surface area contributed by atoms with E-state index in [2.05, 4.69) is 16.5 Å². The quantitative estimate of drug-likeness (QED) is 0.120. The van der Waals surface area contributed by atoms with E-state index in [0.717, 1.165) is 22.5 Å². The molecule has 1 aliphatic rings. The highest BCUT2D eigenvalue weighted by molar-refractivity contribution is 7.17. The van der Waals surface area contributed by atoms with Gasteiger partial charge in [-0.05, 0) is 44.9 Å². The first-order chi connectivity index (χ1) is 18.6. The van der Waals surface area contributed by atoms with Crippen LogP contribution in [0.2, 0.25) is 0 Å². The molecule has 39 heavy (non-hydrogen) atoms. The maximum absolute atomic E-state index is 13.5. The van der Waals surface area contributed by atoms with E-state index < -0.39 is 23.7 Å². The predicted octanol–water partition coefficient (Wildman–Crippen LogP) is 4.99. The number of nitrogens with zero attached hydrogens (tertiary/aromatic N) is 4. The highest BCUT2D eigenvalue weighted by Gasteiger charge is 2.49. The van der Waals surface area contributed by atoms with Gasteiger partial charge in [0.15, 0.2) is 10.9 Å². The number of esters is 1. The van der Waals surface area contributed by atoms with Crippen molar-refractivity contribution in [2.24, 2.45) is 0 Å². The molecule has 1 saturated heterocycles. The van der Waals surface area contributed by atoms with E-state index in [1.807, 2.05) is 48.7 Å². The van der Waals surface area contributed by atoms with Gasteiger partial charge in [0.2, 0.25) is 0 Å². The number of rotatable bonds is 6. The van der Waals surface area contributed by atoms with Gasteiger partial charge in [-0.3, -0.25) is 14.5 Å². The molecule has 1 amide bonds. The van der Waals surface area contributed by atoms with E-state index in [1.54, 1.807) is 26.0 Å². The normalized spacial score (nSPS) is 16.7. The fraction of sp³-hybridized carbons (Fsp3) is 0.207. The van der Waals surface area contributed by atoms with Gasteiger partial charge < -0.3 is 14.2 Å². The maximum atomic E-state index is 13.5. The molecule has 3 aromatic heterocycles. The van der Waals surface area contributed by atoms with Crippen LogP contribution in [-0.2, 0) is 14.3 Å². The van der Waals surface area contributed by atoms with Crippen LogP contribution in [-0.4, -0.2) is 43.7 Å². The van der Waals surface area contributed by atoms with Crippen LogP contribution in [0.25, 0.3) is 11.4 Å². The molecule has 1 aromatic carbocycles. The number of aromatic nitrogens is 3. The Bertz CT molecular complexity index is 1700. The molecule has 10 heteroatoms. The van der Waals surface area contributed by atoms with Crippen LogP contribution in [0.15, 0.2) is 60.8 Å². The van der Waals surface area contributed by atoms with Gasteiger partial charge in [-0.2, -0.15) is 0 Å². The molecule has 198 valence electrons. The number of thiazole rings is 1. The number of amides is 1. The van der Waals surface area contributed by atoms with Crippen molar-refractivity contribution in [3.05, 3.63) is 99.5 Å². The van der Waals surface area contributed by atoms with Crippen LogP contribution in [0.4, 0.5) is 5.13 Å². The molecule has 0 spiro atoms. The number of aliphatic hydroxyl groups excluding tert-OH is 1. The van der Waals surface area contributed by atoms with Crippen LogP contribution in [0.5, 0.6) is 0 Å². The summed E-state index contributed by atoms with van der Waals surface area (Å²) in [6.07, 6.45) is 3.27. The van der Waals surface area contributed by atoms with Gasteiger partial charge >= 0.3 is 11.9 Å². The first-order valence-electron chi connectivity index (χ1n) is 12.2. The Morgan fingerprint density at radius 3 is 2.51 bits per heavy atom. The molecule has 0 bridgehead atoms. The summed E-state index contributed by atoms with van der Waals surface area (Å²) in [4.78, 5) is 50.1. The fourth-order valence-electron chi connectivity index (χ4n) is 4.64. The van der Waals surface area contributed by atoms with Gasteiger partial charge in [0.1, 0.15) is 22.8 Å². The lowest BCUT2D eigenvalue weighted by molar-refractivity contribution is -0.132. The zero-order valence-corrected chi connectivity index (χ0v) is 22.7. The Labute approximate surface area is 228 Å². The van der Waals surface area contributed by atoms with Gasteiger partial charge in [0, 0.05) is 6.20 Å². The predicted molar refractivity (Wildman–Crippen MR) is 148 cm³/mol. The average Bonchev–Trinajstić information content (AvgIpc) is 3.55. The van der Waals surface area contributed by atoms with E-state index in [9.17, 15) is 19.5 Å². The van der Waals surface area contributed by atoms with Crippen LogP contribution in [0, 0.1) is 27.7 Å². The third kappa shape index (κ3) is 4.32. The summed E-state index contributed by atoms with van der Waals surface area (Å²) >= 11 is 0.950. The zero-order valence-electron chi connectivity index (χ0n) is 21.9. The number of aliphatic hydroxyl groups is 1. The number of imidazole rings is 1. The van der Waals surface area contributed by atoms with E-state index in [0.29, 0.717) is 22.6 Å². The molecular formula is C29H26N4O5S. The molecule has 4 heterocycles. The first-order valence-corrected chi connectivity index (χ1v) is 13.0. The van der Waals surface area contributed by atoms with Crippen molar-refractivity contribution in [3.8, 4) is 0 Å². The molecule has 4 aromatic rings. The number of ketones is 1. The van der Waals surface area contributed by atoms with Gasteiger partial charge in [-0.25, -0.2) is 14.8 Å². The van der Waals surface area contributed by atoms with Crippen LogP contribution < -0.4 is 4.90 Å². The Morgan fingerprint density at radius 1 is 1.13 bits per heavy atom. The second kappa shape index (κ2) is 9.95. The van der Waals surface area contributed by atoms with Crippen molar-refractivity contribution >= 4 is 45.5 Å². The summed E-state index contributed by atoms with van der Waals surface area (Å²) in [5.74, 6) is -2.70. The summed E-state index contributed by atoms with van der Waals surface area (Å²) in [6.45, 7) is 10.8. The van der Waals surface area contributed by atoms with E-state index >= 15 is 0 Å². The molecule has 0 saturated carbocycles. The van der Waals surface area contributed by atoms with Crippen LogP contribution in [0.3, 0.4) is 0 Å². The van der Waals surface area contributed by atoms with E-state index in [4.69, 9.17) is 4.74 Å². The standard InChI is InChI=1S/C29H26N4O5S/c1-6-14-38-28(37)25-17(4)30-29(39-25)33-22(19-11-9-15(2)10-12-19)20(24(35)27(33)36)23(34)21-18(5)32-13-7-8-16(3)26(32)31-21/h6-13,22,34H,1,14H2,2-5H3/b23-20+. The Hall–Kier alpha value is -4.57. The van der Waals surface area contributed by atoms with Gasteiger partial charge in [-0.1, -0.05) is 59.9 Å². The number of carbonyl (C=O) groups excluding carboxylic acids is 3. The van der Waals surface area contributed by atoms with E-state index in [-0.39, 0.29) is 33.6 Å². The molecule has 1 aliphatic heterocycles. The third-order valence-corrected chi connectivity index (χ3v) is 7.79. The number of ether oxygens (including phenoxy) is 1. The Morgan fingerprint density at radius 2 is 1.85 bits per heavy atom. The van der Waals surface area contributed by atoms with Gasteiger partial charge in [-0.15, -0.1) is 0 Å². The lowest BCUT2D eigenvalue weighted by Gasteiger charge is -2.23. The van der Waals surface area contributed by atoms with Crippen molar-refractivity contribution < 1.29 is 24.2 Å². The Kier molecular flexibility index (Phi) is 6.65. The minimum Gasteiger partial charge on any atom is -0.505 e. The second-order valence-corrected chi connectivity index (χ2v) is 10.3. The lowest BCUT2D eigenvalue weighted by Crippen LogP contribution is -2.29. The number of hydrogen-bond donors (Lipinski definition) is 1. The summed E-state index contributed by atoms with van der Waals surface area (Å²) in [5, 5.41) is 11.7. The molecule has 1 atom stereocenters. The van der Waals surface area contributed by atoms with Crippen molar-refractivity contribution in [1.82, 2.24) is 14.4 Å². The topological polar surface area (TPSA) is 114 Å². The molecule has 1 N–H and O–H groups in total. The highest BCUT2D eigenvalue weighted by Crippen LogP contribution is 2.44. The van der Waals surface area contributed by atoms with Crippen LogP contribution >= 0.6 is 11.3 Å². The number of carbonyl (C=O) groups is 3. The molecular weight excluding hydrogens is 516 g/mol. The number of Topliss-reactive ketones (excluding diaryl/α,β-unsaturated/α-hetero) is 1. The average molecular weight is 543 g/mol. The summed E-state index contributed by atoms with van der Waals surface area (Å²) < 4.78 is 6.98. The highest BCUT2D eigenvalue weighted by atomic mass is 32.1. The minimum atomic E-state index is -0.987. The SMILES string of the molecule is C=CCOC(=O)c1sc(N2C(=O)C(=O)/C(=C(/O)c3nc4c(C)cccn4c3C)C2c2ccc(C)cc2)nc1C. The number of anilines is 1. The number of fused-ring (bicyclic) bond motifs is 1. The molecule has 0 aliphatic carbocycles. The van der Waals surface area contributed by atoms with Crippen molar-refractivity contribution in [2.45, 2.75) is 33.7 Å². The summed E-state index contributed by atoms with van der Waals surface area (Å²) in [7, 11) is 0. The van der Waals surface area contributed by atoms with Crippen LogP contribution in [0.1, 0.15) is 49.5 Å². The van der Waals surface area contributed by atoms with Crippen molar-refractivity contribution in [3.63, 3.8) is 0 Å². The molecule has 1 unspecified atom stereocenters. The van der Waals surface area contributed by atoms with Crippen molar-refractivity contribution in [1.29, 1.82) is 0 Å². The third-order valence-electron chi connectivity index (χ3n) is 6.65. The fourth-order valence-corrected chi connectivity index (χ4v) is 5.63. The molecule has 1 fully saturated rings. The number of hydrogen-bond acceptors (Lipinski definition) is 8. The van der Waals surface area contributed by atoms with E-state index in [1.165, 1.54) is 11.0 Å². The largest absolute Gasteiger partial charge is 0.505 e. The number of benzene rings is 1. The smallest absolute Gasteiger partial charge is 0.350 e. The van der Waals surface area contributed by atoms with Gasteiger partial charge in [0.05, 0.1) is 23.0 Å². The molecule has 9 nitrogen and oxygen atoms in total. The molecule has 5 rings (SSSR count). The minimum absolute atomic E-state index is 0.0250. The molecule has 0 radical (unpaired) electrons.